The quantitative estimate of drug-likeness (QED) is 0.484. The fraction of sp³-hybridized carbons (Fsp3) is 0.600. The summed E-state index contributed by atoms with van der Waals surface area (Å²) in [7, 11) is 0. The van der Waals surface area contributed by atoms with Crippen molar-refractivity contribution in [3.05, 3.63) is 33.9 Å². The van der Waals surface area contributed by atoms with Gasteiger partial charge in [-0.2, -0.15) is 0 Å². The van der Waals surface area contributed by atoms with Crippen LogP contribution < -0.4 is 5.32 Å². The number of esters is 1. The van der Waals surface area contributed by atoms with Crippen LogP contribution in [0.3, 0.4) is 0 Å². The van der Waals surface area contributed by atoms with Crippen LogP contribution >= 0.6 is 0 Å². The number of nitro groups is 1. The van der Waals surface area contributed by atoms with E-state index >= 15 is 0 Å². The van der Waals surface area contributed by atoms with Gasteiger partial charge < -0.3 is 10.1 Å². The van der Waals surface area contributed by atoms with E-state index in [1.165, 1.54) is 25.3 Å². The first kappa shape index (κ1) is 17.9. The first-order valence-corrected chi connectivity index (χ1v) is 9.57. The number of nitro benzene ring substituents is 1. The molecule has 1 amide bonds. The molecule has 5 rings (SSSR count). The topological polar surface area (TPSA) is 98.5 Å². The van der Waals surface area contributed by atoms with E-state index in [0.717, 1.165) is 19.3 Å². The van der Waals surface area contributed by atoms with Gasteiger partial charge in [-0.05, 0) is 69.3 Å². The maximum atomic E-state index is 12.8. The lowest BCUT2D eigenvalue weighted by molar-refractivity contribution is -0.385. The third kappa shape index (κ3) is 3.42. The molecule has 1 aromatic rings. The minimum Gasteiger partial charge on any atom is -0.455 e. The minimum absolute atomic E-state index is 0.0571. The summed E-state index contributed by atoms with van der Waals surface area (Å²) in [5.41, 5.74) is 0.394. The van der Waals surface area contributed by atoms with E-state index in [9.17, 15) is 19.7 Å². The van der Waals surface area contributed by atoms with Crippen LogP contribution in [0.5, 0.6) is 0 Å². The highest BCUT2D eigenvalue weighted by atomic mass is 16.6. The Morgan fingerprint density at radius 2 is 1.78 bits per heavy atom. The molecule has 0 radical (unpaired) electrons. The summed E-state index contributed by atoms with van der Waals surface area (Å²) in [5, 5.41) is 13.6. The average Bonchev–Trinajstić information content (AvgIpc) is 2.60. The van der Waals surface area contributed by atoms with Gasteiger partial charge in [0.25, 0.3) is 11.6 Å². The number of aryl methyl sites for hydroxylation is 1. The van der Waals surface area contributed by atoms with Crippen molar-refractivity contribution >= 4 is 23.3 Å². The van der Waals surface area contributed by atoms with Gasteiger partial charge in [-0.25, -0.2) is 0 Å². The van der Waals surface area contributed by atoms with E-state index in [1.54, 1.807) is 19.1 Å². The van der Waals surface area contributed by atoms with Crippen LogP contribution in [0.15, 0.2) is 18.2 Å². The van der Waals surface area contributed by atoms with Gasteiger partial charge in [0.2, 0.25) is 0 Å². The van der Waals surface area contributed by atoms with Gasteiger partial charge in [0.05, 0.1) is 10.3 Å². The van der Waals surface area contributed by atoms with E-state index in [0.29, 0.717) is 29.0 Å². The molecule has 0 unspecified atom stereocenters. The zero-order valence-electron chi connectivity index (χ0n) is 15.4. The highest BCUT2D eigenvalue weighted by molar-refractivity contribution is 5.93. The number of nitrogens with zero attached hydrogens (tertiary/aromatic N) is 1. The third-order valence-corrected chi connectivity index (χ3v) is 6.50. The molecule has 1 aromatic carbocycles. The maximum Gasteiger partial charge on any atom is 0.312 e. The SMILES string of the molecule is Cc1ccc(NC(=O)COC(=O)C23CC4CC(CC(C4)C2)C3)cc1[N+](=O)[O-]. The number of carbonyl (C=O) groups is 2. The number of hydrogen-bond acceptors (Lipinski definition) is 5. The van der Waals surface area contributed by atoms with Crippen molar-refractivity contribution in [2.45, 2.75) is 45.4 Å². The predicted molar refractivity (Wildman–Crippen MR) is 98.0 cm³/mol. The predicted octanol–water partition coefficient (Wildman–Crippen LogP) is 3.60. The van der Waals surface area contributed by atoms with Gasteiger partial charge >= 0.3 is 5.97 Å². The lowest BCUT2D eigenvalue weighted by Crippen LogP contribution is -2.50. The Labute approximate surface area is 157 Å². The number of amides is 1. The molecule has 0 aliphatic heterocycles. The fourth-order valence-electron chi connectivity index (χ4n) is 5.73. The molecule has 27 heavy (non-hydrogen) atoms. The Morgan fingerprint density at radius 3 is 2.33 bits per heavy atom. The van der Waals surface area contributed by atoms with Gasteiger partial charge in [-0.15, -0.1) is 0 Å². The smallest absolute Gasteiger partial charge is 0.312 e. The summed E-state index contributed by atoms with van der Waals surface area (Å²) in [5.74, 6) is 1.17. The first-order valence-electron chi connectivity index (χ1n) is 9.57. The molecule has 0 heterocycles. The molecule has 0 saturated heterocycles. The van der Waals surface area contributed by atoms with Crippen molar-refractivity contribution in [2.24, 2.45) is 23.2 Å². The molecule has 1 N–H and O–H groups in total. The highest BCUT2D eigenvalue weighted by Gasteiger charge is 2.55. The van der Waals surface area contributed by atoms with Gasteiger partial charge in [0.1, 0.15) is 0 Å². The summed E-state index contributed by atoms with van der Waals surface area (Å²) in [6.45, 7) is 1.28. The number of benzene rings is 1. The normalized spacial score (nSPS) is 30.8. The molecule has 0 spiro atoms. The van der Waals surface area contributed by atoms with E-state index in [1.807, 2.05) is 0 Å². The molecule has 4 aliphatic carbocycles. The lowest BCUT2D eigenvalue weighted by atomic mass is 9.49. The molecule has 7 nitrogen and oxygen atoms in total. The van der Waals surface area contributed by atoms with Crippen LogP contribution in [0, 0.1) is 40.2 Å². The van der Waals surface area contributed by atoms with Gasteiger partial charge in [-0.1, -0.05) is 6.07 Å². The van der Waals surface area contributed by atoms with E-state index in [2.05, 4.69) is 5.32 Å². The number of rotatable bonds is 5. The Bertz CT molecular complexity index is 768. The molecule has 4 bridgehead atoms. The summed E-state index contributed by atoms with van der Waals surface area (Å²) in [6, 6.07) is 4.49. The summed E-state index contributed by atoms with van der Waals surface area (Å²) >= 11 is 0. The fourth-order valence-corrected chi connectivity index (χ4v) is 5.73. The van der Waals surface area contributed by atoms with Crippen LogP contribution in [0.4, 0.5) is 11.4 Å². The van der Waals surface area contributed by atoms with Gasteiger partial charge in [-0.3, -0.25) is 19.7 Å². The number of hydrogen-bond donors (Lipinski definition) is 1. The van der Waals surface area contributed by atoms with Crippen molar-refractivity contribution in [3.8, 4) is 0 Å². The van der Waals surface area contributed by atoms with Gasteiger partial charge in [0, 0.05) is 17.3 Å². The molecular weight excluding hydrogens is 348 g/mol. The van der Waals surface area contributed by atoms with Crippen LogP contribution in [0.2, 0.25) is 0 Å². The second kappa shape index (κ2) is 6.62. The average molecular weight is 372 g/mol. The molecule has 144 valence electrons. The zero-order valence-corrected chi connectivity index (χ0v) is 15.4. The number of ether oxygens (including phenoxy) is 1. The standard InChI is InChI=1S/C20H24N2O5/c1-12-2-3-16(7-17(12)22(25)26)21-18(23)11-27-19(24)20-8-13-4-14(9-20)6-15(5-13)10-20/h2-3,7,13-15H,4-6,8-11H2,1H3,(H,21,23). The molecule has 0 aromatic heterocycles. The molecular formula is C20H24N2O5. The lowest BCUT2D eigenvalue weighted by Gasteiger charge is -2.55. The van der Waals surface area contributed by atoms with E-state index < -0.39 is 16.2 Å². The van der Waals surface area contributed by atoms with Crippen molar-refractivity contribution in [1.82, 2.24) is 0 Å². The zero-order chi connectivity index (χ0) is 19.2. The molecule has 7 heteroatoms. The van der Waals surface area contributed by atoms with E-state index in [-0.39, 0.29) is 18.3 Å². The summed E-state index contributed by atoms with van der Waals surface area (Å²) < 4.78 is 5.38. The molecule has 0 atom stereocenters. The first-order chi connectivity index (χ1) is 12.8. The van der Waals surface area contributed by atoms with E-state index in [4.69, 9.17) is 4.74 Å². The second-order valence-electron chi connectivity index (χ2n) is 8.58. The number of anilines is 1. The van der Waals surface area contributed by atoms with Crippen LogP contribution in [-0.2, 0) is 14.3 Å². The third-order valence-electron chi connectivity index (χ3n) is 6.50. The molecule has 4 fully saturated rings. The number of nitrogens with one attached hydrogen (secondary N) is 1. The van der Waals surface area contributed by atoms with Crippen LogP contribution in [-0.4, -0.2) is 23.4 Å². The Balaban J connectivity index is 1.35. The molecule has 4 saturated carbocycles. The van der Waals surface area contributed by atoms with Crippen molar-refractivity contribution in [2.75, 3.05) is 11.9 Å². The van der Waals surface area contributed by atoms with Crippen LogP contribution in [0.25, 0.3) is 0 Å². The van der Waals surface area contributed by atoms with Crippen molar-refractivity contribution in [1.29, 1.82) is 0 Å². The maximum absolute atomic E-state index is 12.8. The molecule has 4 aliphatic rings. The monoisotopic (exact) mass is 372 g/mol. The Morgan fingerprint density at radius 1 is 1.19 bits per heavy atom. The van der Waals surface area contributed by atoms with Crippen LogP contribution in [0.1, 0.15) is 44.1 Å². The van der Waals surface area contributed by atoms with Gasteiger partial charge in [0.15, 0.2) is 6.61 Å². The van der Waals surface area contributed by atoms with Crippen molar-refractivity contribution in [3.63, 3.8) is 0 Å². The second-order valence-corrected chi connectivity index (χ2v) is 8.58. The minimum atomic E-state index is -0.488. The Hall–Kier alpha value is -2.44. The Kier molecular flexibility index (Phi) is 4.40. The summed E-state index contributed by atoms with van der Waals surface area (Å²) in [4.78, 5) is 35.4. The summed E-state index contributed by atoms with van der Waals surface area (Å²) in [6.07, 6.45) is 6.38. The number of carbonyl (C=O) groups excluding carboxylic acids is 2. The van der Waals surface area contributed by atoms with Crippen molar-refractivity contribution < 1.29 is 19.2 Å². The largest absolute Gasteiger partial charge is 0.455 e. The highest BCUT2D eigenvalue weighted by Crippen LogP contribution is 2.60.